The lowest BCUT2D eigenvalue weighted by Crippen LogP contribution is -1.88. The van der Waals surface area contributed by atoms with Gasteiger partial charge in [0.1, 0.15) is 0 Å². The minimum absolute atomic E-state index is 0.0385. The first kappa shape index (κ1) is 10.2. The van der Waals surface area contributed by atoms with Crippen molar-refractivity contribution in [2.75, 3.05) is 0 Å². The molecule has 0 aliphatic heterocycles. The molecule has 0 aliphatic carbocycles. The molecule has 0 aromatic heterocycles. The highest BCUT2D eigenvalue weighted by Gasteiger charge is 1.96. The quantitative estimate of drug-likeness (QED) is 0.585. The van der Waals surface area contributed by atoms with Crippen molar-refractivity contribution in [3.63, 3.8) is 0 Å². The standard InChI is InChI=1S/C11H11BrO/c1-9(11(12)13)7-8-10-5-3-2-4-6-10/h2-7H,8H2,1H3. The Bertz CT molecular complexity index is 314. The Kier molecular flexibility index (Phi) is 3.90. The average molecular weight is 239 g/mol. The fourth-order valence-corrected chi connectivity index (χ4v) is 1.13. The van der Waals surface area contributed by atoms with Gasteiger partial charge >= 0.3 is 0 Å². The predicted octanol–water partition coefficient (Wildman–Crippen LogP) is 3.10. The second kappa shape index (κ2) is 4.97. The molecule has 1 rings (SSSR count). The Morgan fingerprint density at radius 2 is 2.00 bits per heavy atom. The van der Waals surface area contributed by atoms with Crippen LogP contribution in [0, 0.1) is 0 Å². The highest BCUT2D eigenvalue weighted by molar-refractivity contribution is 9.18. The summed E-state index contributed by atoms with van der Waals surface area (Å²) in [6.07, 6.45) is 2.73. The molecule has 0 saturated carbocycles. The second-order valence-corrected chi connectivity index (χ2v) is 3.57. The van der Waals surface area contributed by atoms with Crippen molar-refractivity contribution in [3.8, 4) is 0 Å². The van der Waals surface area contributed by atoms with E-state index in [1.165, 1.54) is 5.56 Å². The zero-order valence-electron chi connectivity index (χ0n) is 7.46. The Hall–Kier alpha value is -0.890. The van der Waals surface area contributed by atoms with Gasteiger partial charge in [0.05, 0.1) is 0 Å². The summed E-state index contributed by atoms with van der Waals surface area (Å²) in [5.74, 6) is 0. The van der Waals surface area contributed by atoms with Crippen molar-refractivity contribution in [2.45, 2.75) is 13.3 Å². The van der Waals surface area contributed by atoms with Crippen LogP contribution < -0.4 is 0 Å². The van der Waals surface area contributed by atoms with Crippen molar-refractivity contribution >= 4 is 20.6 Å². The molecule has 0 saturated heterocycles. The van der Waals surface area contributed by atoms with Crippen LogP contribution in [-0.4, -0.2) is 4.69 Å². The molecule has 0 N–H and O–H groups in total. The van der Waals surface area contributed by atoms with Gasteiger partial charge < -0.3 is 0 Å². The van der Waals surface area contributed by atoms with Gasteiger partial charge in [-0.1, -0.05) is 36.4 Å². The predicted molar refractivity (Wildman–Crippen MR) is 57.8 cm³/mol. The van der Waals surface area contributed by atoms with Gasteiger partial charge in [0.2, 0.25) is 4.69 Å². The maximum Gasteiger partial charge on any atom is 0.223 e. The summed E-state index contributed by atoms with van der Waals surface area (Å²) < 4.78 is -0.0385. The van der Waals surface area contributed by atoms with Crippen LogP contribution in [-0.2, 0) is 11.2 Å². The average Bonchev–Trinajstić information content (AvgIpc) is 2.15. The highest BCUT2D eigenvalue weighted by Crippen LogP contribution is 2.05. The van der Waals surface area contributed by atoms with Crippen molar-refractivity contribution in [2.24, 2.45) is 0 Å². The Morgan fingerprint density at radius 1 is 1.38 bits per heavy atom. The number of carbonyl (C=O) groups is 1. The molecule has 0 amide bonds. The molecule has 0 fully saturated rings. The third-order valence-electron chi connectivity index (χ3n) is 1.80. The van der Waals surface area contributed by atoms with Gasteiger partial charge in [0, 0.05) is 5.57 Å². The van der Waals surface area contributed by atoms with E-state index in [2.05, 4.69) is 15.9 Å². The highest BCUT2D eigenvalue weighted by atomic mass is 79.9. The van der Waals surface area contributed by atoms with Gasteiger partial charge in [-0.3, -0.25) is 4.79 Å². The minimum Gasteiger partial charge on any atom is -0.281 e. The smallest absolute Gasteiger partial charge is 0.223 e. The third kappa shape index (κ3) is 3.55. The van der Waals surface area contributed by atoms with Crippen molar-refractivity contribution in [1.82, 2.24) is 0 Å². The molecule has 0 radical (unpaired) electrons. The van der Waals surface area contributed by atoms with Crippen molar-refractivity contribution in [3.05, 3.63) is 47.5 Å². The number of halogens is 1. The lowest BCUT2D eigenvalue weighted by Gasteiger charge is -1.95. The van der Waals surface area contributed by atoms with E-state index in [-0.39, 0.29) is 4.69 Å². The first-order valence-electron chi connectivity index (χ1n) is 4.10. The van der Waals surface area contributed by atoms with Crippen LogP contribution in [0.2, 0.25) is 0 Å². The molecular weight excluding hydrogens is 228 g/mol. The largest absolute Gasteiger partial charge is 0.281 e. The van der Waals surface area contributed by atoms with Gasteiger partial charge in [-0.15, -0.1) is 0 Å². The molecule has 0 unspecified atom stereocenters. The molecule has 13 heavy (non-hydrogen) atoms. The molecule has 1 nitrogen and oxygen atoms in total. The number of benzene rings is 1. The van der Waals surface area contributed by atoms with E-state index in [9.17, 15) is 4.79 Å². The summed E-state index contributed by atoms with van der Waals surface area (Å²) in [7, 11) is 0. The maximum atomic E-state index is 10.8. The molecule has 0 atom stereocenters. The van der Waals surface area contributed by atoms with Gasteiger partial charge in [-0.05, 0) is 34.8 Å². The maximum absolute atomic E-state index is 10.8. The lowest BCUT2D eigenvalue weighted by molar-refractivity contribution is -0.107. The number of hydrogen-bond acceptors (Lipinski definition) is 1. The number of rotatable bonds is 3. The topological polar surface area (TPSA) is 17.1 Å². The van der Waals surface area contributed by atoms with Crippen LogP contribution >= 0.6 is 15.9 Å². The summed E-state index contributed by atoms with van der Waals surface area (Å²) in [5.41, 5.74) is 1.97. The summed E-state index contributed by atoms with van der Waals surface area (Å²) in [4.78, 5) is 10.8. The van der Waals surface area contributed by atoms with Gasteiger partial charge in [-0.2, -0.15) is 0 Å². The molecule has 1 aromatic carbocycles. The van der Waals surface area contributed by atoms with E-state index < -0.39 is 0 Å². The SMILES string of the molecule is CC(=CCc1ccccc1)C(=O)Br. The summed E-state index contributed by atoms with van der Waals surface area (Å²) in [6.45, 7) is 1.81. The Morgan fingerprint density at radius 3 is 2.54 bits per heavy atom. The zero-order chi connectivity index (χ0) is 9.68. The Balaban J connectivity index is 2.62. The molecule has 0 bridgehead atoms. The molecule has 2 heteroatoms. The lowest BCUT2D eigenvalue weighted by atomic mass is 10.1. The van der Waals surface area contributed by atoms with Crippen LogP contribution in [0.15, 0.2) is 42.0 Å². The number of carbonyl (C=O) groups excluding carboxylic acids is 1. The van der Waals surface area contributed by atoms with Crippen molar-refractivity contribution in [1.29, 1.82) is 0 Å². The first-order chi connectivity index (χ1) is 6.20. The minimum atomic E-state index is -0.0385. The Labute approximate surface area is 86.6 Å². The van der Waals surface area contributed by atoms with Gasteiger partial charge in [-0.25, -0.2) is 0 Å². The number of allylic oxidation sites excluding steroid dienone is 2. The van der Waals surface area contributed by atoms with Gasteiger partial charge in [0.25, 0.3) is 0 Å². The van der Waals surface area contributed by atoms with E-state index >= 15 is 0 Å². The van der Waals surface area contributed by atoms with Crippen LogP contribution in [0.5, 0.6) is 0 Å². The third-order valence-corrected chi connectivity index (χ3v) is 2.42. The van der Waals surface area contributed by atoms with E-state index in [1.807, 2.05) is 36.4 Å². The second-order valence-electron chi connectivity index (χ2n) is 2.85. The molecule has 0 heterocycles. The van der Waals surface area contributed by atoms with Crippen LogP contribution in [0.1, 0.15) is 12.5 Å². The van der Waals surface area contributed by atoms with Gasteiger partial charge in [0.15, 0.2) is 0 Å². The van der Waals surface area contributed by atoms with Crippen molar-refractivity contribution < 1.29 is 4.79 Å². The molecular formula is C11H11BrO. The molecule has 68 valence electrons. The fraction of sp³-hybridized carbons (Fsp3) is 0.182. The fourth-order valence-electron chi connectivity index (χ4n) is 0.965. The summed E-state index contributed by atoms with van der Waals surface area (Å²) >= 11 is 2.91. The molecule has 0 spiro atoms. The first-order valence-corrected chi connectivity index (χ1v) is 4.90. The monoisotopic (exact) mass is 238 g/mol. The van der Waals surface area contributed by atoms with E-state index in [0.29, 0.717) is 0 Å². The number of hydrogen-bond donors (Lipinski definition) is 0. The molecule has 0 aliphatic rings. The van der Waals surface area contributed by atoms with E-state index in [0.717, 1.165) is 12.0 Å². The zero-order valence-corrected chi connectivity index (χ0v) is 9.04. The summed E-state index contributed by atoms with van der Waals surface area (Å²) in [6, 6.07) is 10.1. The van der Waals surface area contributed by atoms with E-state index in [1.54, 1.807) is 6.92 Å². The molecule has 1 aromatic rings. The normalized spacial score (nSPS) is 11.4. The summed E-state index contributed by atoms with van der Waals surface area (Å²) in [5, 5.41) is 0. The van der Waals surface area contributed by atoms with Crippen LogP contribution in [0.3, 0.4) is 0 Å². The van der Waals surface area contributed by atoms with E-state index in [4.69, 9.17) is 0 Å². The van der Waals surface area contributed by atoms with Crippen LogP contribution in [0.4, 0.5) is 0 Å². The van der Waals surface area contributed by atoms with Crippen LogP contribution in [0.25, 0.3) is 0 Å².